The molecule has 1 aliphatic carbocycles. The lowest BCUT2D eigenvalue weighted by molar-refractivity contribution is -0.126. The number of aromatic nitrogens is 2. The third-order valence-corrected chi connectivity index (χ3v) is 6.54. The van der Waals surface area contributed by atoms with Gasteiger partial charge in [-0.2, -0.15) is 0 Å². The lowest BCUT2D eigenvalue weighted by Gasteiger charge is -2.23. The lowest BCUT2D eigenvalue weighted by Crippen LogP contribution is -2.35. The highest BCUT2D eigenvalue weighted by Gasteiger charge is 2.24. The predicted octanol–water partition coefficient (Wildman–Crippen LogP) is 5.83. The van der Waals surface area contributed by atoms with Gasteiger partial charge in [0.1, 0.15) is 18.2 Å². The molecule has 2 aromatic carbocycles. The average molecular weight is 440 g/mol. The minimum atomic E-state index is -0.167. The van der Waals surface area contributed by atoms with Gasteiger partial charge in [0.2, 0.25) is 5.91 Å². The zero-order valence-electron chi connectivity index (χ0n) is 18.2. The molecule has 0 saturated heterocycles. The van der Waals surface area contributed by atoms with E-state index in [9.17, 15) is 4.79 Å². The fourth-order valence-electron chi connectivity index (χ4n) is 4.38. The number of hydrogen-bond acceptors (Lipinski definition) is 3. The normalized spacial score (nSPS) is 15.7. The fourth-order valence-corrected chi connectivity index (χ4v) is 4.50. The molecular weight excluding hydrogens is 410 g/mol. The summed E-state index contributed by atoms with van der Waals surface area (Å²) in [6.45, 7) is 5.12. The molecule has 0 bridgehead atoms. The Labute approximate surface area is 188 Å². The highest BCUT2D eigenvalue weighted by Crippen LogP contribution is 2.26. The van der Waals surface area contributed by atoms with E-state index in [0.717, 1.165) is 58.9 Å². The molecule has 1 amide bonds. The third-order valence-electron chi connectivity index (χ3n) is 6.12. The lowest BCUT2D eigenvalue weighted by atomic mass is 9.88. The predicted molar refractivity (Wildman–Crippen MR) is 125 cm³/mol. The second-order valence-electron chi connectivity index (χ2n) is 8.44. The first-order chi connectivity index (χ1) is 15.0. The van der Waals surface area contributed by atoms with E-state index in [-0.39, 0.29) is 17.9 Å². The van der Waals surface area contributed by atoms with Crippen molar-refractivity contribution in [2.75, 3.05) is 6.61 Å². The summed E-state index contributed by atoms with van der Waals surface area (Å²) >= 11 is 6.11. The van der Waals surface area contributed by atoms with Gasteiger partial charge in [-0.05, 0) is 62.6 Å². The molecule has 1 aliphatic rings. The maximum Gasteiger partial charge on any atom is 0.223 e. The summed E-state index contributed by atoms with van der Waals surface area (Å²) in [6, 6.07) is 13.6. The molecule has 1 N–H and O–H groups in total. The van der Waals surface area contributed by atoms with Gasteiger partial charge in [-0.1, -0.05) is 43.0 Å². The van der Waals surface area contributed by atoms with Gasteiger partial charge < -0.3 is 14.6 Å². The molecule has 164 valence electrons. The number of ether oxygens (including phenoxy) is 1. The van der Waals surface area contributed by atoms with Crippen LogP contribution in [0.2, 0.25) is 5.02 Å². The summed E-state index contributed by atoms with van der Waals surface area (Å²) in [7, 11) is 0. The van der Waals surface area contributed by atoms with Crippen LogP contribution in [-0.4, -0.2) is 22.1 Å². The van der Waals surface area contributed by atoms with Crippen LogP contribution in [-0.2, 0) is 11.3 Å². The summed E-state index contributed by atoms with van der Waals surface area (Å²) in [5.41, 5.74) is 2.97. The molecule has 1 heterocycles. The van der Waals surface area contributed by atoms with Crippen molar-refractivity contribution < 1.29 is 9.53 Å². The smallest absolute Gasteiger partial charge is 0.223 e. The molecule has 1 aromatic heterocycles. The van der Waals surface area contributed by atoms with E-state index in [1.807, 2.05) is 50.2 Å². The Morgan fingerprint density at radius 2 is 2.00 bits per heavy atom. The van der Waals surface area contributed by atoms with E-state index in [1.54, 1.807) is 0 Å². The van der Waals surface area contributed by atoms with Crippen LogP contribution in [0.5, 0.6) is 5.75 Å². The summed E-state index contributed by atoms with van der Waals surface area (Å²) in [6.07, 6.45) is 5.51. The van der Waals surface area contributed by atoms with Crippen LogP contribution in [0.1, 0.15) is 56.5 Å². The second-order valence-corrected chi connectivity index (χ2v) is 8.84. The monoisotopic (exact) mass is 439 g/mol. The van der Waals surface area contributed by atoms with Gasteiger partial charge in [-0.15, -0.1) is 0 Å². The molecule has 3 aromatic rings. The molecule has 31 heavy (non-hydrogen) atoms. The van der Waals surface area contributed by atoms with E-state index >= 15 is 0 Å². The number of hydrogen-bond donors (Lipinski definition) is 1. The molecule has 1 saturated carbocycles. The highest BCUT2D eigenvalue weighted by molar-refractivity contribution is 6.31. The van der Waals surface area contributed by atoms with Gasteiger partial charge in [0, 0.05) is 10.9 Å². The van der Waals surface area contributed by atoms with Crippen LogP contribution < -0.4 is 10.1 Å². The molecule has 0 spiro atoms. The van der Waals surface area contributed by atoms with E-state index in [0.29, 0.717) is 13.2 Å². The number of nitrogens with zero attached hydrogens (tertiary/aromatic N) is 2. The average Bonchev–Trinajstić information content (AvgIpc) is 3.15. The quantitative estimate of drug-likeness (QED) is 0.503. The molecule has 0 aliphatic heterocycles. The molecule has 1 fully saturated rings. The first-order valence-corrected chi connectivity index (χ1v) is 11.5. The number of halogens is 1. The first-order valence-electron chi connectivity index (χ1n) is 11.2. The van der Waals surface area contributed by atoms with E-state index < -0.39 is 0 Å². The van der Waals surface area contributed by atoms with Crippen molar-refractivity contribution in [1.82, 2.24) is 14.9 Å². The summed E-state index contributed by atoms with van der Waals surface area (Å²) in [5, 5.41) is 3.95. The molecule has 5 nitrogen and oxygen atoms in total. The number of carbonyl (C=O) groups is 1. The summed E-state index contributed by atoms with van der Waals surface area (Å²) in [5.74, 6) is 1.94. The summed E-state index contributed by atoms with van der Waals surface area (Å²) < 4.78 is 8.14. The highest BCUT2D eigenvalue weighted by atomic mass is 35.5. The van der Waals surface area contributed by atoms with Crippen LogP contribution in [0.4, 0.5) is 0 Å². The van der Waals surface area contributed by atoms with Gasteiger partial charge in [0.25, 0.3) is 0 Å². The number of aryl methyl sites for hydroxylation is 1. The van der Waals surface area contributed by atoms with Crippen molar-refractivity contribution in [2.24, 2.45) is 5.92 Å². The largest absolute Gasteiger partial charge is 0.492 e. The molecule has 6 heteroatoms. The standard InChI is InChI=1S/C25H30ClN3O2/c1-17-16-20(12-13-21(17)26)31-15-14-29-23-11-7-6-10-22(23)28-24(29)18(2)27-25(30)19-8-4-3-5-9-19/h6-7,10-13,16,18-19H,3-5,8-9,14-15H2,1-2H3,(H,27,30). The van der Waals surface area contributed by atoms with Crippen molar-refractivity contribution >= 4 is 28.5 Å². The number of fused-ring (bicyclic) bond motifs is 1. The Kier molecular flexibility index (Phi) is 6.81. The minimum Gasteiger partial charge on any atom is -0.492 e. The maximum atomic E-state index is 12.8. The molecule has 0 radical (unpaired) electrons. The Morgan fingerprint density at radius 3 is 2.77 bits per heavy atom. The first kappa shape index (κ1) is 21.7. The Hall–Kier alpha value is -2.53. The number of amides is 1. The van der Waals surface area contributed by atoms with Crippen molar-refractivity contribution in [1.29, 1.82) is 0 Å². The van der Waals surface area contributed by atoms with Crippen molar-refractivity contribution in [2.45, 2.75) is 58.5 Å². The van der Waals surface area contributed by atoms with Crippen LogP contribution in [0.25, 0.3) is 11.0 Å². The van der Waals surface area contributed by atoms with Crippen LogP contribution in [0, 0.1) is 12.8 Å². The van der Waals surface area contributed by atoms with Gasteiger partial charge in [0.15, 0.2) is 0 Å². The van der Waals surface area contributed by atoms with Gasteiger partial charge >= 0.3 is 0 Å². The number of rotatable bonds is 7. The zero-order chi connectivity index (χ0) is 21.8. The van der Waals surface area contributed by atoms with E-state index in [1.165, 1.54) is 6.42 Å². The van der Waals surface area contributed by atoms with Crippen molar-refractivity contribution in [3.8, 4) is 5.75 Å². The maximum absolute atomic E-state index is 12.8. The zero-order valence-corrected chi connectivity index (χ0v) is 19.0. The number of imidazole rings is 1. The van der Waals surface area contributed by atoms with Gasteiger partial charge in [-0.3, -0.25) is 4.79 Å². The van der Waals surface area contributed by atoms with Crippen molar-refractivity contribution in [3.05, 3.63) is 58.9 Å². The van der Waals surface area contributed by atoms with Gasteiger partial charge in [-0.25, -0.2) is 4.98 Å². The molecule has 1 unspecified atom stereocenters. The molecule has 1 atom stereocenters. The Bertz CT molecular complexity index is 1060. The fraction of sp³-hybridized carbons (Fsp3) is 0.440. The molecular formula is C25H30ClN3O2. The van der Waals surface area contributed by atoms with Gasteiger partial charge in [0.05, 0.1) is 23.6 Å². The summed E-state index contributed by atoms with van der Waals surface area (Å²) in [4.78, 5) is 17.6. The Balaban J connectivity index is 1.49. The Morgan fingerprint density at radius 1 is 1.23 bits per heavy atom. The third kappa shape index (κ3) is 5.04. The molecule has 4 rings (SSSR count). The topological polar surface area (TPSA) is 56.1 Å². The number of para-hydroxylation sites is 2. The minimum absolute atomic E-state index is 0.130. The van der Waals surface area contributed by atoms with Crippen LogP contribution in [0.15, 0.2) is 42.5 Å². The SMILES string of the molecule is Cc1cc(OCCn2c(C(C)NC(=O)C3CCCCC3)nc3ccccc32)ccc1Cl. The van der Waals surface area contributed by atoms with Crippen molar-refractivity contribution in [3.63, 3.8) is 0 Å². The number of carbonyl (C=O) groups excluding carboxylic acids is 1. The number of benzene rings is 2. The van der Waals surface area contributed by atoms with E-state index in [4.69, 9.17) is 21.3 Å². The second kappa shape index (κ2) is 9.73. The number of nitrogens with one attached hydrogen (secondary N) is 1. The van der Waals surface area contributed by atoms with Crippen LogP contribution >= 0.6 is 11.6 Å². The van der Waals surface area contributed by atoms with Crippen LogP contribution in [0.3, 0.4) is 0 Å². The van der Waals surface area contributed by atoms with E-state index in [2.05, 4.69) is 16.0 Å².